The lowest BCUT2D eigenvalue weighted by Crippen LogP contribution is -2.31. The van der Waals surface area contributed by atoms with E-state index in [0.29, 0.717) is 13.1 Å². The van der Waals surface area contributed by atoms with Crippen LogP contribution in [0.15, 0.2) is 18.2 Å². The van der Waals surface area contributed by atoms with E-state index in [2.05, 4.69) is 0 Å². The van der Waals surface area contributed by atoms with Crippen molar-refractivity contribution in [3.63, 3.8) is 0 Å². The van der Waals surface area contributed by atoms with E-state index in [9.17, 15) is 25.0 Å². The summed E-state index contributed by atoms with van der Waals surface area (Å²) < 4.78 is 0. The van der Waals surface area contributed by atoms with Crippen LogP contribution < -0.4 is 0 Å². The summed E-state index contributed by atoms with van der Waals surface area (Å²) in [7, 11) is 0. The highest BCUT2D eigenvalue weighted by Crippen LogP contribution is 2.25. The van der Waals surface area contributed by atoms with Gasteiger partial charge in [-0.15, -0.1) is 0 Å². The van der Waals surface area contributed by atoms with Crippen LogP contribution in [0.25, 0.3) is 0 Å². The zero-order valence-electron chi connectivity index (χ0n) is 11.2. The minimum atomic E-state index is -0.710. The van der Waals surface area contributed by atoms with Gasteiger partial charge in [0.2, 0.25) is 5.91 Å². The standard InChI is InChI=1S/C12H15N3O5/c1-3-13(4-2)12(16)7-9-5-6-10(14(17)18)8-11(9)15(19)20/h5-6,8H,3-4,7H2,1-2H3. The van der Waals surface area contributed by atoms with Gasteiger partial charge in [-0.1, -0.05) is 0 Å². The predicted molar refractivity (Wildman–Crippen MR) is 71.4 cm³/mol. The summed E-state index contributed by atoms with van der Waals surface area (Å²) in [6.07, 6.45) is -0.143. The number of nitro benzene ring substituents is 2. The molecule has 1 aromatic carbocycles. The molecule has 0 saturated heterocycles. The van der Waals surface area contributed by atoms with Crippen LogP contribution in [0.2, 0.25) is 0 Å². The molecule has 0 radical (unpaired) electrons. The van der Waals surface area contributed by atoms with Gasteiger partial charge in [0.15, 0.2) is 0 Å². The lowest BCUT2D eigenvalue weighted by Gasteiger charge is -2.18. The zero-order chi connectivity index (χ0) is 15.3. The molecule has 1 aromatic rings. The minimum absolute atomic E-state index is 0.143. The molecule has 0 bridgehead atoms. The number of amides is 1. The van der Waals surface area contributed by atoms with Crippen molar-refractivity contribution in [1.82, 2.24) is 4.90 Å². The Hall–Kier alpha value is -2.51. The molecule has 0 aromatic heterocycles. The number of carbonyl (C=O) groups is 1. The van der Waals surface area contributed by atoms with E-state index >= 15 is 0 Å². The summed E-state index contributed by atoms with van der Waals surface area (Å²) in [5.41, 5.74) is -0.590. The van der Waals surface area contributed by atoms with Crippen molar-refractivity contribution in [2.24, 2.45) is 0 Å². The van der Waals surface area contributed by atoms with Crippen LogP contribution in [0.1, 0.15) is 19.4 Å². The largest absolute Gasteiger partial charge is 0.343 e. The Kier molecular flexibility index (Phi) is 5.13. The second-order valence-corrected chi connectivity index (χ2v) is 4.07. The third kappa shape index (κ3) is 3.50. The van der Waals surface area contributed by atoms with Crippen molar-refractivity contribution in [3.8, 4) is 0 Å². The summed E-state index contributed by atoms with van der Waals surface area (Å²) in [5.74, 6) is -0.244. The third-order valence-electron chi connectivity index (χ3n) is 2.93. The second-order valence-electron chi connectivity index (χ2n) is 4.07. The van der Waals surface area contributed by atoms with E-state index in [4.69, 9.17) is 0 Å². The number of rotatable bonds is 6. The molecule has 1 rings (SSSR count). The van der Waals surface area contributed by atoms with Gasteiger partial charge in [0.05, 0.1) is 22.3 Å². The van der Waals surface area contributed by atoms with Gasteiger partial charge in [0.1, 0.15) is 0 Å². The molecule has 0 aliphatic rings. The Morgan fingerprint density at radius 2 is 1.75 bits per heavy atom. The van der Waals surface area contributed by atoms with Gasteiger partial charge in [-0.3, -0.25) is 25.0 Å². The number of non-ortho nitro benzene ring substituents is 1. The maximum absolute atomic E-state index is 11.9. The molecule has 0 atom stereocenters. The first kappa shape index (κ1) is 15.5. The van der Waals surface area contributed by atoms with Gasteiger partial charge >= 0.3 is 0 Å². The van der Waals surface area contributed by atoms with Crippen LogP contribution in [-0.2, 0) is 11.2 Å². The Morgan fingerprint density at radius 1 is 1.15 bits per heavy atom. The lowest BCUT2D eigenvalue weighted by molar-refractivity contribution is -0.394. The topological polar surface area (TPSA) is 107 Å². The maximum atomic E-state index is 11.9. The maximum Gasteiger partial charge on any atom is 0.279 e. The molecule has 8 heteroatoms. The molecule has 8 nitrogen and oxygen atoms in total. The molecule has 108 valence electrons. The highest BCUT2D eigenvalue weighted by atomic mass is 16.6. The van der Waals surface area contributed by atoms with Crippen molar-refractivity contribution in [2.45, 2.75) is 20.3 Å². The van der Waals surface area contributed by atoms with Crippen molar-refractivity contribution >= 4 is 17.3 Å². The van der Waals surface area contributed by atoms with Crippen LogP contribution in [-0.4, -0.2) is 33.7 Å². The zero-order valence-corrected chi connectivity index (χ0v) is 11.2. The molecule has 0 fully saturated rings. The van der Waals surface area contributed by atoms with Crippen LogP contribution in [0.3, 0.4) is 0 Å². The number of carbonyl (C=O) groups excluding carboxylic acids is 1. The fourth-order valence-electron chi connectivity index (χ4n) is 1.84. The summed E-state index contributed by atoms with van der Waals surface area (Å²) >= 11 is 0. The Bertz CT molecular complexity index is 540. The van der Waals surface area contributed by atoms with Crippen LogP contribution >= 0.6 is 0 Å². The molecule has 0 aliphatic heterocycles. The number of hydrogen-bond acceptors (Lipinski definition) is 5. The molecular formula is C12H15N3O5. The summed E-state index contributed by atoms with van der Waals surface area (Å²) in [4.78, 5) is 33.6. The molecular weight excluding hydrogens is 266 g/mol. The van der Waals surface area contributed by atoms with E-state index in [1.165, 1.54) is 6.07 Å². The third-order valence-corrected chi connectivity index (χ3v) is 2.93. The fourth-order valence-corrected chi connectivity index (χ4v) is 1.84. The Balaban J connectivity index is 3.09. The van der Waals surface area contributed by atoms with Crippen LogP contribution in [0, 0.1) is 20.2 Å². The molecule has 0 heterocycles. The molecule has 0 saturated carbocycles. The number of hydrogen-bond donors (Lipinski definition) is 0. The van der Waals surface area contributed by atoms with Gasteiger partial charge in [-0.2, -0.15) is 0 Å². The quantitative estimate of drug-likeness (QED) is 0.584. The Labute approximate surface area is 115 Å². The monoisotopic (exact) mass is 281 g/mol. The van der Waals surface area contributed by atoms with Gasteiger partial charge in [-0.25, -0.2) is 0 Å². The first-order valence-corrected chi connectivity index (χ1v) is 6.10. The van der Waals surface area contributed by atoms with Crippen molar-refractivity contribution < 1.29 is 14.6 Å². The first-order valence-electron chi connectivity index (χ1n) is 6.10. The Morgan fingerprint density at radius 3 is 2.20 bits per heavy atom. The number of likely N-dealkylation sites (N-methyl/N-ethyl adjacent to an activating group) is 1. The smallest absolute Gasteiger partial charge is 0.279 e. The molecule has 0 aliphatic carbocycles. The molecule has 0 unspecified atom stereocenters. The molecule has 20 heavy (non-hydrogen) atoms. The van der Waals surface area contributed by atoms with E-state index in [1.807, 2.05) is 13.8 Å². The summed E-state index contributed by atoms with van der Waals surface area (Å²) in [5, 5.41) is 21.6. The summed E-state index contributed by atoms with van der Waals surface area (Å²) in [6, 6.07) is 3.31. The normalized spacial score (nSPS) is 10.1. The SMILES string of the molecule is CCN(CC)C(=O)Cc1ccc([N+](=O)[O-])cc1[N+](=O)[O-]. The number of nitro groups is 2. The van der Waals surface area contributed by atoms with E-state index < -0.39 is 15.5 Å². The van der Waals surface area contributed by atoms with Crippen LogP contribution in [0.5, 0.6) is 0 Å². The molecule has 0 N–H and O–H groups in total. The van der Waals surface area contributed by atoms with Gasteiger partial charge in [-0.05, 0) is 19.9 Å². The highest BCUT2D eigenvalue weighted by molar-refractivity contribution is 5.80. The van der Waals surface area contributed by atoms with Gasteiger partial charge in [0.25, 0.3) is 11.4 Å². The first-order chi connectivity index (χ1) is 9.40. The van der Waals surface area contributed by atoms with E-state index in [0.717, 1.165) is 12.1 Å². The highest BCUT2D eigenvalue weighted by Gasteiger charge is 2.22. The lowest BCUT2D eigenvalue weighted by atomic mass is 10.1. The van der Waals surface area contributed by atoms with Crippen LogP contribution in [0.4, 0.5) is 11.4 Å². The average molecular weight is 281 g/mol. The summed E-state index contributed by atoms with van der Waals surface area (Å²) in [6.45, 7) is 4.64. The second kappa shape index (κ2) is 6.60. The van der Waals surface area contributed by atoms with E-state index in [-0.39, 0.29) is 23.6 Å². The number of benzene rings is 1. The van der Waals surface area contributed by atoms with E-state index in [1.54, 1.807) is 4.90 Å². The van der Waals surface area contributed by atoms with Gasteiger partial charge in [0, 0.05) is 24.7 Å². The van der Waals surface area contributed by atoms with Crippen molar-refractivity contribution in [1.29, 1.82) is 0 Å². The molecule has 0 spiro atoms. The predicted octanol–water partition coefficient (Wildman–Crippen LogP) is 1.91. The van der Waals surface area contributed by atoms with Crippen molar-refractivity contribution in [2.75, 3.05) is 13.1 Å². The van der Waals surface area contributed by atoms with Crippen molar-refractivity contribution in [3.05, 3.63) is 44.0 Å². The molecule has 1 amide bonds. The average Bonchev–Trinajstić information content (AvgIpc) is 2.39. The minimum Gasteiger partial charge on any atom is -0.343 e. The fraction of sp³-hybridized carbons (Fsp3) is 0.417. The van der Waals surface area contributed by atoms with Gasteiger partial charge < -0.3 is 4.90 Å². The number of nitrogens with zero attached hydrogens (tertiary/aromatic N) is 3.